The number of carbonyl (C=O) groups is 2. The number of benzene rings is 2. The summed E-state index contributed by atoms with van der Waals surface area (Å²) in [5, 5.41) is 2.83. The van der Waals surface area contributed by atoms with Gasteiger partial charge < -0.3 is 10.2 Å². The molecule has 0 spiro atoms. The van der Waals surface area contributed by atoms with Gasteiger partial charge in [-0.25, -0.2) is 12.8 Å². The summed E-state index contributed by atoms with van der Waals surface area (Å²) in [7, 11) is -3.62. The molecule has 0 aliphatic rings. The van der Waals surface area contributed by atoms with Crippen LogP contribution in [-0.4, -0.2) is 50.5 Å². The van der Waals surface area contributed by atoms with Crippen LogP contribution >= 0.6 is 0 Å². The Labute approximate surface area is 202 Å². The molecular formula is C25H34FN3O4S. The fourth-order valence-electron chi connectivity index (χ4n) is 3.48. The molecule has 9 heteroatoms. The largest absolute Gasteiger partial charge is 0.354 e. The van der Waals surface area contributed by atoms with Gasteiger partial charge in [-0.2, -0.15) is 0 Å². The number of aryl methyl sites for hydroxylation is 1. The minimum Gasteiger partial charge on any atom is -0.354 e. The number of carbonyl (C=O) groups excluding carboxylic acids is 2. The van der Waals surface area contributed by atoms with Gasteiger partial charge in [-0.15, -0.1) is 0 Å². The van der Waals surface area contributed by atoms with Crippen LogP contribution in [0.25, 0.3) is 0 Å². The van der Waals surface area contributed by atoms with Gasteiger partial charge in [-0.05, 0) is 56.5 Å². The maximum Gasteiger partial charge on any atom is 0.242 e. The molecule has 1 unspecified atom stereocenters. The molecule has 2 rings (SSSR count). The number of halogens is 1. The maximum absolute atomic E-state index is 13.3. The Bertz CT molecular complexity index is 1060. The first-order chi connectivity index (χ1) is 16.0. The van der Waals surface area contributed by atoms with E-state index in [4.69, 9.17) is 0 Å². The molecule has 2 amide bonds. The normalized spacial score (nSPS) is 12.1. The fraction of sp³-hybridized carbons (Fsp3) is 0.440. The molecule has 2 aromatic rings. The molecule has 2 aromatic carbocycles. The highest BCUT2D eigenvalue weighted by atomic mass is 32.2. The lowest BCUT2D eigenvalue weighted by Crippen LogP contribution is -2.47. The lowest BCUT2D eigenvalue weighted by molar-refractivity contribution is -0.140. The topological polar surface area (TPSA) is 86.8 Å². The lowest BCUT2D eigenvalue weighted by atomic mass is 10.1. The first-order valence-corrected chi connectivity index (χ1v) is 13.2. The van der Waals surface area contributed by atoms with Gasteiger partial charge in [0.1, 0.15) is 11.9 Å². The van der Waals surface area contributed by atoms with Crippen molar-refractivity contribution in [1.82, 2.24) is 10.2 Å². The molecule has 0 radical (unpaired) electrons. The van der Waals surface area contributed by atoms with E-state index < -0.39 is 21.9 Å². The van der Waals surface area contributed by atoms with Gasteiger partial charge in [0.25, 0.3) is 0 Å². The molecule has 0 aliphatic heterocycles. The van der Waals surface area contributed by atoms with E-state index in [0.29, 0.717) is 12.2 Å². The van der Waals surface area contributed by atoms with Crippen LogP contribution in [0.5, 0.6) is 0 Å². The number of nitrogens with zero attached hydrogens (tertiary/aromatic N) is 2. The highest BCUT2D eigenvalue weighted by molar-refractivity contribution is 7.92. The SMILES string of the molecule is CCCNC(=O)C(C)N(Cc1ccc(C)cc1)C(=O)CCCN(c1ccc(F)cc1)S(C)(=O)=O. The molecule has 186 valence electrons. The van der Waals surface area contributed by atoms with E-state index >= 15 is 0 Å². The Morgan fingerprint density at radius 2 is 1.68 bits per heavy atom. The molecule has 7 nitrogen and oxygen atoms in total. The number of hydrogen-bond acceptors (Lipinski definition) is 4. The van der Waals surface area contributed by atoms with Crippen LogP contribution in [0, 0.1) is 12.7 Å². The molecule has 0 aliphatic carbocycles. The van der Waals surface area contributed by atoms with Gasteiger partial charge in [0.15, 0.2) is 0 Å². The molecule has 0 saturated carbocycles. The van der Waals surface area contributed by atoms with Gasteiger partial charge in [0.05, 0.1) is 11.9 Å². The second kappa shape index (κ2) is 12.5. The lowest BCUT2D eigenvalue weighted by Gasteiger charge is -2.29. The molecule has 0 saturated heterocycles. The predicted molar refractivity (Wildman–Crippen MR) is 132 cm³/mol. The quantitative estimate of drug-likeness (QED) is 0.491. The van der Waals surface area contributed by atoms with Gasteiger partial charge in [0, 0.05) is 26.1 Å². The Balaban J connectivity index is 2.13. The Morgan fingerprint density at radius 1 is 1.06 bits per heavy atom. The second-order valence-electron chi connectivity index (χ2n) is 8.39. The summed E-state index contributed by atoms with van der Waals surface area (Å²) in [6, 6.07) is 12.2. The smallest absolute Gasteiger partial charge is 0.242 e. The number of nitrogens with one attached hydrogen (secondary N) is 1. The van der Waals surface area contributed by atoms with E-state index in [0.717, 1.165) is 28.1 Å². The monoisotopic (exact) mass is 491 g/mol. The van der Waals surface area contributed by atoms with Crippen LogP contribution in [0.3, 0.4) is 0 Å². The summed E-state index contributed by atoms with van der Waals surface area (Å²) in [5.41, 5.74) is 2.33. The molecule has 34 heavy (non-hydrogen) atoms. The minimum absolute atomic E-state index is 0.0600. The molecule has 0 heterocycles. The first kappa shape index (κ1) is 27.3. The van der Waals surface area contributed by atoms with E-state index in [-0.39, 0.29) is 37.7 Å². The Morgan fingerprint density at radius 3 is 2.24 bits per heavy atom. The first-order valence-electron chi connectivity index (χ1n) is 11.4. The number of anilines is 1. The minimum atomic E-state index is -3.62. The van der Waals surface area contributed by atoms with E-state index in [1.54, 1.807) is 6.92 Å². The van der Waals surface area contributed by atoms with Gasteiger partial charge >= 0.3 is 0 Å². The van der Waals surface area contributed by atoms with Crippen molar-refractivity contribution in [2.75, 3.05) is 23.7 Å². The summed E-state index contributed by atoms with van der Waals surface area (Å²) < 4.78 is 39.0. The van der Waals surface area contributed by atoms with Crippen LogP contribution in [0.15, 0.2) is 48.5 Å². The second-order valence-corrected chi connectivity index (χ2v) is 10.3. The number of rotatable bonds is 12. The highest BCUT2D eigenvalue weighted by Crippen LogP contribution is 2.19. The predicted octanol–water partition coefficient (Wildman–Crippen LogP) is 3.62. The highest BCUT2D eigenvalue weighted by Gasteiger charge is 2.26. The van der Waals surface area contributed by atoms with Crippen molar-refractivity contribution < 1.29 is 22.4 Å². The summed E-state index contributed by atoms with van der Waals surface area (Å²) in [4.78, 5) is 27.3. The number of sulfonamides is 1. The summed E-state index contributed by atoms with van der Waals surface area (Å²) in [5.74, 6) is -0.937. The van der Waals surface area contributed by atoms with Crippen molar-refractivity contribution in [2.24, 2.45) is 0 Å². The zero-order chi connectivity index (χ0) is 25.3. The third kappa shape index (κ3) is 8.13. The molecule has 0 aromatic heterocycles. The zero-order valence-corrected chi connectivity index (χ0v) is 21.1. The van der Waals surface area contributed by atoms with Crippen molar-refractivity contribution >= 4 is 27.5 Å². The summed E-state index contributed by atoms with van der Waals surface area (Å²) >= 11 is 0. The molecule has 0 bridgehead atoms. The van der Waals surface area contributed by atoms with Gasteiger partial charge in [-0.3, -0.25) is 13.9 Å². The third-order valence-corrected chi connectivity index (χ3v) is 6.65. The van der Waals surface area contributed by atoms with Crippen molar-refractivity contribution in [3.05, 3.63) is 65.5 Å². The fourth-order valence-corrected chi connectivity index (χ4v) is 4.45. The summed E-state index contributed by atoms with van der Waals surface area (Å²) in [6.07, 6.45) is 2.17. The van der Waals surface area contributed by atoms with Gasteiger partial charge in [-0.1, -0.05) is 36.8 Å². The average Bonchev–Trinajstić information content (AvgIpc) is 2.79. The zero-order valence-electron chi connectivity index (χ0n) is 20.3. The van der Waals surface area contributed by atoms with Crippen LogP contribution < -0.4 is 9.62 Å². The van der Waals surface area contributed by atoms with Crippen molar-refractivity contribution in [1.29, 1.82) is 0 Å². The van der Waals surface area contributed by atoms with Crippen LogP contribution in [0.2, 0.25) is 0 Å². The van der Waals surface area contributed by atoms with Crippen molar-refractivity contribution in [2.45, 2.75) is 52.6 Å². The maximum atomic E-state index is 13.3. The van der Waals surface area contributed by atoms with Gasteiger partial charge in [0.2, 0.25) is 21.8 Å². The van der Waals surface area contributed by atoms with E-state index in [1.165, 1.54) is 29.2 Å². The van der Waals surface area contributed by atoms with Crippen molar-refractivity contribution in [3.8, 4) is 0 Å². The molecule has 1 N–H and O–H groups in total. The van der Waals surface area contributed by atoms with E-state index in [9.17, 15) is 22.4 Å². The standard InChI is InChI=1S/C25H34FN3O4S/c1-5-16-27-25(31)20(3)28(18-21-10-8-19(2)9-11-21)24(30)7-6-17-29(34(4,32)33)23-14-12-22(26)13-15-23/h8-15,20H,5-7,16-18H2,1-4H3,(H,27,31). The molecule has 1 atom stereocenters. The molecular weight excluding hydrogens is 457 g/mol. The van der Waals surface area contributed by atoms with Crippen LogP contribution in [-0.2, 0) is 26.2 Å². The van der Waals surface area contributed by atoms with E-state index in [2.05, 4.69) is 5.32 Å². The van der Waals surface area contributed by atoms with E-state index in [1.807, 2.05) is 38.1 Å². The van der Waals surface area contributed by atoms with Crippen molar-refractivity contribution in [3.63, 3.8) is 0 Å². The van der Waals surface area contributed by atoms with Crippen LogP contribution in [0.1, 0.15) is 44.2 Å². The summed E-state index contributed by atoms with van der Waals surface area (Å²) in [6.45, 7) is 6.48. The third-order valence-electron chi connectivity index (χ3n) is 5.46. The Hall–Kier alpha value is -2.94. The number of amides is 2. The number of hydrogen-bond donors (Lipinski definition) is 1. The average molecular weight is 492 g/mol. The Kier molecular flexibility index (Phi) is 10.0. The molecule has 0 fully saturated rings. The van der Waals surface area contributed by atoms with Crippen LogP contribution in [0.4, 0.5) is 10.1 Å².